The molecule has 1 saturated heterocycles. The van der Waals surface area contributed by atoms with Gasteiger partial charge in [0.05, 0.1) is 5.92 Å². The van der Waals surface area contributed by atoms with Gasteiger partial charge >= 0.3 is 0 Å². The first-order valence-corrected chi connectivity index (χ1v) is 6.78. The lowest BCUT2D eigenvalue weighted by Gasteiger charge is -2.16. The predicted molar refractivity (Wildman–Crippen MR) is 76.7 cm³/mol. The fourth-order valence-corrected chi connectivity index (χ4v) is 2.23. The van der Waals surface area contributed by atoms with Gasteiger partial charge in [-0.2, -0.15) is 0 Å². The van der Waals surface area contributed by atoms with Gasteiger partial charge in [0.2, 0.25) is 17.1 Å². The van der Waals surface area contributed by atoms with Crippen molar-refractivity contribution >= 4 is 40.0 Å². The highest BCUT2D eigenvalue weighted by Crippen LogP contribution is 2.27. The van der Waals surface area contributed by atoms with Gasteiger partial charge < -0.3 is 10.2 Å². The van der Waals surface area contributed by atoms with Gasteiger partial charge in [-0.3, -0.25) is 14.4 Å². The van der Waals surface area contributed by atoms with Crippen molar-refractivity contribution < 1.29 is 14.4 Å². The monoisotopic (exact) mass is 294 g/mol. The second kappa shape index (κ2) is 6.05. The molecule has 1 fully saturated rings. The lowest BCUT2D eigenvalue weighted by Crippen LogP contribution is -2.25. The van der Waals surface area contributed by atoms with Gasteiger partial charge in [0.25, 0.3) is 0 Å². The van der Waals surface area contributed by atoms with E-state index in [1.165, 1.54) is 4.90 Å². The van der Waals surface area contributed by atoms with Crippen LogP contribution < -0.4 is 10.2 Å². The number of carbonyl (C=O) groups excluding carboxylic acids is 3. The molecule has 5 nitrogen and oxygen atoms in total. The standard InChI is InChI=1S/C14H15ClN2O3/c1-2-12(18)16-10-3-5-11(6-4-10)17-8-9(14(15)20)7-13(17)19/h3-6,9H,2,7-8H2,1H3,(H,16,18). The Bertz CT molecular complexity index is 542. The molecule has 1 N–H and O–H groups in total. The Kier molecular flexibility index (Phi) is 4.39. The van der Waals surface area contributed by atoms with Gasteiger partial charge in [-0.1, -0.05) is 6.92 Å². The SMILES string of the molecule is CCC(=O)Nc1ccc(N2CC(C(=O)Cl)CC2=O)cc1. The molecule has 1 aliphatic heterocycles. The van der Waals surface area contributed by atoms with E-state index >= 15 is 0 Å². The molecule has 1 unspecified atom stereocenters. The molecule has 1 aromatic rings. The average Bonchev–Trinajstić information content (AvgIpc) is 2.82. The Hall–Kier alpha value is -1.88. The van der Waals surface area contributed by atoms with E-state index < -0.39 is 11.2 Å². The largest absolute Gasteiger partial charge is 0.326 e. The lowest BCUT2D eigenvalue weighted by molar-refractivity contribution is -0.120. The highest BCUT2D eigenvalue weighted by Gasteiger charge is 2.34. The van der Waals surface area contributed by atoms with Gasteiger partial charge in [-0.15, -0.1) is 0 Å². The summed E-state index contributed by atoms with van der Waals surface area (Å²) in [6.45, 7) is 2.08. The normalized spacial score (nSPS) is 18.2. The molecule has 2 amide bonds. The minimum Gasteiger partial charge on any atom is -0.326 e. The van der Waals surface area contributed by atoms with E-state index in [1.54, 1.807) is 31.2 Å². The van der Waals surface area contributed by atoms with E-state index in [0.717, 1.165) is 0 Å². The van der Waals surface area contributed by atoms with E-state index in [1.807, 2.05) is 0 Å². The molecule has 6 heteroatoms. The van der Waals surface area contributed by atoms with Gasteiger partial charge in [-0.25, -0.2) is 0 Å². The quantitative estimate of drug-likeness (QED) is 0.865. The van der Waals surface area contributed by atoms with Gasteiger partial charge in [-0.05, 0) is 35.9 Å². The average molecular weight is 295 g/mol. The summed E-state index contributed by atoms with van der Waals surface area (Å²) in [5.41, 5.74) is 1.38. The number of hydrogen-bond donors (Lipinski definition) is 1. The van der Waals surface area contributed by atoms with Crippen LogP contribution in [0.1, 0.15) is 19.8 Å². The van der Waals surface area contributed by atoms with Crippen molar-refractivity contribution in [1.82, 2.24) is 0 Å². The van der Waals surface area contributed by atoms with Crippen LogP contribution in [0.2, 0.25) is 0 Å². The molecule has 0 spiro atoms. The van der Waals surface area contributed by atoms with E-state index in [-0.39, 0.29) is 18.2 Å². The van der Waals surface area contributed by atoms with Crippen LogP contribution in [-0.2, 0) is 14.4 Å². The minimum absolute atomic E-state index is 0.0669. The first kappa shape index (κ1) is 14.5. The van der Waals surface area contributed by atoms with E-state index in [2.05, 4.69) is 5.32 Å². The summed E-state index contributed by atoms with van der Waals surface area (Å²) in [5, 5.41) is 2.25. The van der Waals surface area contributed by atoms with Crippen molar-refractivity contribution in [3.63, 3.8) is 0 Å². The molecular weight excluding hydrogens is 280 g/mol. The number of halogens is 1. The smallest absolute Gasteiger partial charge is 0.227 e. The Labute approximate surface area is 121 Å². The Balaban J connectivity index is 2.08. The fraction of sp³-hybridized carbons (Fsp3) is 0.357. The molecule has 0 aromatic heterocycles. The highest BCUT2D eigenvalue weighted by molar-refractivity contribution is 6.64. The van der Waals surface area contributed by atoms with E-state index in [4.69, 9.17) is 11.6 Å². The fourth-order valence-electron chi connectivity index (χ4n) is 2.08. The third-order valence-corrected chi connectivity index (χ3v) is 3.54. The number of hydrogen-bond acceptors (Lipinski definition) is 3. The number of anilines is 2. The Morgan fingerprint density at radius 1 is 1.35 bits per heavy atom. The van der Waals surface area contributed by atoms with Crippen molar-refractivity contribution in [2.45, 2.75) is 19.8 Å². The second-order valence-electron chi connectivity index (χ2n) is 4.66. The van der Waals surface area contributed by atoms with Crippen molar-refractivity contribution in [2.24, 2.45) is 5.92 Å². The topological polar surface area (TPSA) is 66.5 Å². The third kappa shape index (κ3) is 3.17. The molecule has 1 atom stereocenters. The van der Waals surface area contributed by atoms with Gasteiger partial charge in [0.1, 0.15) is 0 Å². The molecule has 0 aliphatic carbocycles. The summed E-state index contributed by atoms with van der Waals surface area (Å²) >= 11 is 5.44. The maximum atomic E-state index is 11.8. The lowest BCUT2D eigenvalue weighted by atomic mass is 10.1. The maximum absolute atomic E-state index is 11.8. The summed E-state index contributed by atoms with van der Waals surface area (Å²) in [4.78, 5) is 35.8. The van der Waals surface area contributed by atoms with Gasteiger partial charge in [0.15, 0.2) is 0 Å². The number of benzene rings is 1. The van der Waals surface area contributed by atoms with Crippen LogP contribution >= 0.6 is 11.6 Å². The zero-order valence-corrected chi connectivity index (χ0v) is 11.8. The van der Waals surface area contributed by atoms with Crippen molar-refractivity contribution in [1.29, 1.82) is 0 Å². The first-order chi connectivity index (χ1) is 9.51. The molecule has 20 heavy (non-hydrogen) atoms. The Morgan fingerprint density at radius 3 is 2.50 bits per heavy atom. The summed E-state index contributed by atoms with van der Waals surface area (Å²) in [7, 11) is 0. The first-order valence-electron chi connectivity index (χ1n) is 6.41. The highest BCUT2D eigenvalue weighted by atomic mass is 35.5. The molecule has 2 rings (SSSR count). The molecular formula is C14H15ClN2O3. The van der Waals surface area contributed by atoms with Gasteiger partial charge in [0, 0.05) is 30.8 Å². The number of amides is 2. The summed E-state index contributed by atoms with van der Waals surface area (Å²) < 4.78 is 0. The van der Waals surface area contributed by atoms with Crippen molar-refractivity contribution in [3.8, 4) is 0 Å². The molecule has 1 aliphatic rings. The van der Waals surface area contributed by atoms with Crippen LogP contribution in [-0.4, -0.2) is 23.6 Å². The molecule has 0 radical (unpaired) electrons. The van der Waals surface area contributed by atoms with Crippen LogP contribution in [0.3, 0.4) is 0 Å². The third-order valence-electron chi connectivity index (χ3n) is 3.23. The molecule has 1 aromatic carbocycles. The minimum atomic E-state index is -0.479. The Morgan fingerprint density at radius 2 is 2.00 bits per heavy atom. The van der Waals surface area contributed by atoms with Crippen molar-refractivity contribution in [3.05, 3.63) is 24.3 Å². The van der Waals surface area contributed by atoms with E-state index in [9.17, 15) is 14.4 Å². The second-order valence-corrected chi connectivity index (χ2v) is 5.03. The van der Waals surface area contributed by atoms with Crippen LogP contribution in [0.25, 0.3) is 0 Å². The number of rotatable bonds is 4. The summed E-state index contributed by atoms with van der Waals surface area (Å²) in [6, 6.07) is 6.94. The molecule has 106 valence electrons. The number of nitrogens with zero attached hydrogens (tertiary/aromatic N) is 1. The van der Waals surface area contributed by atoms with Crippen LogP contribution in [0.4, 0.5) is 11.4 Å². The van der Waals surface area contributed by atoms with E-state index in [0.29, 0.717) is 24.3 Å². The van der Waals surface area contributed by atoms with Crippen LogP contribution in [0.15, 0.2) is 24.3 Å². The van der Waals surface area contributed by atoms with Crippen molar-refractivity contribution in [2.75, 3.05) is 16.8 Å². The summed E-state index contributed by atoms with van der Waals surface area (Å²) in [5.74, 6) is -0.624. The molecule has 0 bridgehead atoms. The van der Waals surface area contributed by atoms with Crippen LogP contribution in [0.5, 0.6) is 0 Å². The molecule has 0 saturated carbocycles. The van der Waals surface area contributed by atoms with Crippen LogP contribution in [0, 0.1) is 5.92 Å². The number of carbonyl (C=O) groups is 3. The summed E-state index contributed by atoms with van der Waals surface area (Å²) in [6.07, 6.45) is 0.558. The zero-order chi connectivity index (χ0) is 14.7. The zero-order valence-electron chi connectivity index (χ0n) is 11.1. The predicted octanol–water partition coefficient (Wildman–Crippen LogP) is 2.15. The number of nitrogens with one attached hydrogen (secondary N) is 1. The maximum Gasteiger partial charge on any atom is 0.227 e. The molecule has 1 heterocycles.